The monoisotopic (exact) mass is 319 g/mol. The van der Waals surface area contributed by atoms with Crippen molar-refractivity contribution < 1.29 is 4.79 Å². The van der Waals surface area contributed by atoms with Gasteiger partial charge in [-0.2, -0.15) is 0 Å². The Morgan fingerprint density at radius 1 is 1.32 bits per heavy atom. The number of pyridine rings is 1. The van der Waals surface area contributed by atoms with Gasteiger partial charge in [0.2, 0.25) is 0 Å². The molecular formula is C14H14BrN3O. The van der Waals surface area contributed by atoms with E-state index in [1.165, 1.54) is 0 Å². The molecule has 2 aromatic rings. The van der Waals surface area contributed by atoms with Crippen molar-refractivity contribution in [3.63, 3.8) is 0 Å². The zero-order valence-electron chi connectivity index (χ0n) is 10.7. The van der Waals surface area contributed by atoms with E-state index < -0.39 is 0 Å². The summed E-state index contributed by atoms with van der Waals surface area (Å²) in [6.45, 7) is 1.98. The SMILES string of the molecule is CNc1ncc(Br)cc1C(=O)Nc1cccc(C)c1. The highest BCUT2D eigenvalue weighted by atomic mass is 79.9. The van der Waals surface area contributed by atoms with Crippen LogP contribution in [0.15, 0.2) is 41.0 Å². The Kier molecular flexibility index (Phi) is 4.16. The molecule has 2 N–H and O–H groups in total. The second-order valence-corrected chi connectivity index (χ2v) is 5.04. The normalized spacial score (nSPS) is 10.1. The molecule has 0 aliphatic carbocycles. The van der Waals surface area contributed by atoms with E-state index in [0.29, 0.717) is 11.4 Å². The Bertz CT molecular complexity index is 613. The smallest absolute Gasteiger partial charge is 0.259 e. The van der Waals surface area contributed by atoms with Gasteiger partial charge in [-0.3, -0.25) is 4.79 Å². The van der Waals surface area contributed by atoms with Crippen LogP contribution in [0.4, 0.5) is 11.5 Å². The largest absolute Gasteiger partial charge is 0.372 e. The lowest BCUT2D eigenvalue weighted by Crippen LogP contribution is -2.15. The molecule has 5 heteroatoms. The van der Waals surface area contributed by atoms with Gasteiger partial charge in [0.15, 0.2) is 0 Å². The first-order valence-corrected chi connectivity index (χ1v) is 6.61. The second-order valence-electron chi connectivity index (χ2n) is 4.12. The summed E-state index contributed by atoms with van der Waals surface area (Å²) in [5.74, 6) is 0.358. The molecule has 0 aliphatic rings. The average molecular weight is 320 g/mol. The van der Waals surface area contributed by atoms with Crippen molar-refractivity contribution in [3.8, 4) is 0 Å². The number of nitrogens with one attached hydrogen (secondary N) is 2. The van der Waals surface area contributed by atoms with Crippen LogP contribution in [0.5, 0.6) is 0 Å². The number of carbonyl (C=O) groups excluding carboxylic acids is 1. The molecular weight excluding hydrogens is 306 g/mol. The van der Waals surface area contributed by atoms with Crippen molar-refractivity contribution in [2.75, 3.05) is 17.7 Å². The van der Waals surface area contributed by atoms with Crippen LogP contribution in [0, 0.1) is 6.92 Å². The van der Waals surface area contributed by atoms with Gasteiger partial charge in [-0.1, -0.05) is 12.1 Å². The van der Waals surface area contributed by atoms with E-state index >= 15 is 0 Å². The summed E-state index contributed by atoms with van der Waals surface area (Å²) in [7, 11) is 1.74. The predicted octanol–water partition coefficient (Wildman–Crippen LogP) is 3.45. The zero-order valence-corrected chi connectivity index (χ0v) is 12.3. The fourth-order valence-corrected chi connectivity index (χ4v) is 2.06. The van der Waals surface area contributed by atoms with Gasteiger partial charge >= 0.3 is 0 Å². The summed E-state index contributed by atoms with van der Waals surface area (Å²) >= 11 is 3.32. The summed E-state index contributed by atoms with van der Waals surface area (Å²) in [4.78, 5) is 16.4. The van der Waals surface area contributed by atoms with Gasteiger partial charge in [-0.25, -0.2) is 4.98 Å². The van der Waals surface area contributed by atoms with Gasteiger partial charge in [-0.15, -0.1) is 0 Å². The van der Waals surface area contributed by atoms with E-state index in [4.69, 9.17) is 0 Å². The summed E-state index contributed by atoms with van der Waals surface area (Å²) in [5, 5.41) is 5.77. The molecule has 0 saturated carbocycles. The number of halogens is 1. The highest BCUT2D eigenvalue weighted by molar-refractivity contribution is 9.10. The van der Waals surface area contributed by atoms with Gasteiger partial charge in [0.25, 0.3) is 5.91 Å². The Morgan fingerprint density at radius 3 is 2.79 bits per heavy atom. The number of rotatable bonds is 3. The van der Waals surface area contributed by atoms with E-state index in [9.17, 15) is 4.79 Å². The summed E-state index contributed by atoms with van der Waals surface area (Å²) in [6, 6.07) is 9.40. The Balaban J connectivity index is 2.27. The molecule has 0 spiro atoms. The second kappa shape index (κ2) is 5.84. The Hall–Kier alpha value is -1.88. The van der Waals surface area contributed by atoms with Crippen LogP contribution in [-0.2, 0) is 0 Å². The van der Waals surface area contributed by atoms with Crippen LogP contribution in [0.1, 0.15) is 15.9 Å². The van der Waals surface area contributed by atoms with Crippen LogP contribution in [0.25, 0.3) is 0 Å². The number of aromatic nitrogens is 1. The van der Waals surface area contributed by atoms with Crippen molar-refractivity contribution in [1.29, 1.82) is 0 Å². The maximum Gasteiger partial charge on any atom is 0.259 e. The molecule has 19 heavy (non-hydrogen) atoms. The molecule has 0 atom stereocenters. The zero-order chi connectivity index (χ0) is 13.8. The molecule has 0 radical (unpaired) electrons. The third kappa shape index (κ3) is 3.32. The molecule has 1 heterocycles. The van der Waals surface area contributed by atoms with Crippen LogP contribution >= 0.6 is 15.9 Å². The van der Waals surface area contributed by atoms with Crippen molar-refractivity contribution in [2.24, 2.45) is 0 Å². The third-order valence-corrected chi connectivity index (χ3v) is 3.05. The maximum absolute atomic E-state index is 12.2. The number of amides is 1. The van der Waals surface area contributed by atoms with Gasteiger partial charge < -0.3 is 10.6 Å². The standard InChI is InChI=1S/C14H14BrN3O/c1-9-4-3-5-11(6-9)18-14(19)12-7-10(15)8-17-13(12)16-2/h3-8H,1-2H3,(H,16,17)(H,18,19). The number of anilines is 2. The quantitative estimate of drug-likeness (QED) is 0.911. The molecule has 0 aliphatic heterocycles. The lowest BCUT2D eigenvalue weighted by Gasteiger charge is -2.09. The predicted molar refractivity (Wildman–Crippen MR) is 80.6 cm³/mol. The molecule has 98 valence electrons. The highest BCUT2D eigenvalue weighted by Gasteiger charge is 2.12. The summed E-state index contributed by atoms with van der Waals surface area (Å²) in [5.41, 5.74) is 2.37. The fraction of sp³-hybridized carbons (Fsp3) is 0.143. The first kappa shape index (κ1) is 13.5. The number of nitrogens with zero attached hydrogens (tertiary/aromatic N) is 1. The minimum Gasteiger partial charge on any atom is -0.372 e. The molecule has 4 nitrogen and oxygen atoms in total. The van der Waals surface area contributed by atoms with E-state index in [1.807, 2.05) is 31.2 Å². The number of hydrogen-bond acceptors (Lipinski definition) is 3. The number of carbonyl (C=O) groups is 1. The average Bonchev–Trinajstić information content (AvgIpc) is 2.38. The van der Waals surface area contributed by atoms with Gasteiger partial charge in [-0.05, 0) is 46.6 Å². The molecule has 0 unspecified atom stereocenters. The Labute approximate surface area is 120 Å². The first-order chi connectivity index (χ1) is 9.10. The van der Waals surface area contributed by atoms with Crippen LogP contribution in [-0.4, -0.2) is 17.9 Å². The van der Waals surface area contributed by atoms with Crippen molar-refractivity contribution in [1.82, 2.24) is 4.98 Å². The number of aryl methyl sites for hydroxylation is 1. The van der Waals surface area contributed by atoms with Crippen LogP contribution in [0.3, 0.4) is 0 Å². The topological polar surface area (TPSA) is 54.0 Å². The van der Waals surface area contributed by atoms with Crippen molar-refractivity contribution in [2.45, 2.75) is 6.92 Å². The molecule has 2 rings (SSSR count). The van der Waals surface area contributed by atoms with Gasteiger partial charge in [0.1, 0.15) is 5.82 Å². The van der Waals surface area contributed by atoms with Crippen molar-refractivity contribution >= 4 is 33.3 Å². The van der Waals surface area contributed by atoms with E-state index in [0.717, 1.165) is 15.7 Å². The molecule has 1 amide bonds. The van der Waals surface area contributed by atoms with E-state index in [2.05, 4.69) is 31.5 Å². The lowest BCUT2D eigenvalue weighted by atomic mass is 10.2. The van der Waals surface area contributed by atoms with E-state index in [1.54, 1.807) is 19.3 Å². The summed E-state index contributed by atoms with van der Waals surface area (Å²) in [6.07, 6.45) is 1.65. The minimum atomic E-state index is -0.191. The molecule has 0 fully saturated rings. The molecule has 1 aromatic heterocycles. The third-order valence-electron chi connectivity index (χ3n) is 2.61. The molecule has 0 bridgehead atoms. The van der Waals surface area contributed by atoms with E-state index in [-0.39, 0.29) is 5.91 Å². The van der Waals surface area contributed by atoms with Crippen molar-refractivity contribution in [3.05, 3.63) is 52.1 Å². The summed E-state index contributed by atoms with van der Waals surface area (Å²) < 4.78 is 0.765. The van der Waals surface area contributed by atoms with Crippen LogP contribution < -0.4 is 10.6 Å². The number of benzene rings is 1. The highest BCUT2D eigenvalue weighted by Crippen LogP contribution is 2.19. The van der Waals surface area contributed by atoms with Gasteiger partial charge in [0, 0.05) is 23.4 Å². The van der Waals surface area contributed by atoms with Gasteiger partial charge in [0.05, 0.1) is 5.56 Å². The minimum absolute atomic E-state index is 0.191. The molecule has 1 aromatic carbocycles. The fourth-order valence-electron chi connectivity index (χ4n) is 1.73. The number of hydrogen-bond donors (Lipinski definition) is 2. The lowest BCUT2D eigenvalue weighted by molar-refractivity contribution is 0.102. The Morgan fingerprint density at radius 2 is 2.11 bits per heavy atom. The maximum atomic E-state index is 12.2. The first-order valence-electron chi connectivity index (χ1n) is 5.81. The van der Waals surface area contributed by atoms with Crippen LogP contribution in [0.2, 0.25) is 0 Å². The molecule has 0 saturated heterocycles.